The Morgan fingerprint density at radius 1 is 1.03 bits per heavy atom. The van der Waals surface area contributed by atoms with Crippen molar-refractivity contribution in [2.24, 2.45) is 0 Å². The lowest BCUT2D eigenvalue weighted by Crippen LogP contribution is -2.33. The molecule has 1 saturated carbocycles. The predicted octanol–water partition coefficient (Wildman–Crippen LogP) is 4.93. The summed E-state index contributed by atoms with van der Waals surface area (Å²) in [4.78, 5) is 15.8. The minimum absolute atomic E-state index is 0.0265. The van der Waals surface area contributed by atoms with Crippen LogP contribution in [0.4, 0.5) is 0 Å². The summed E-state index contributed by atoms with van der Waals surface area (Å²) in [7, 11) is 1.67. The van der Waals surface area contributed by atoms with Crippen LogP contribution in [0.1, 0.15) is 61.7 Å². The van der Waals surface area contributed by atoms with E-state index in [1.54, 1.807) is 7.11 Å². The highest BCUT2D eigenvalue weighted by Crippen LogP contribution is 2.38. The number of aromatic nitrogens is 3. The van der Waals surface area contributed by atoms with Crippen LogP contribution in [-0.2, 0) is 4.79 Å². The molecule has 184 valence electrons. The minimum atomic E-state index is -0.406. The molecular formula is C27H33N5O2S. The number of nitrogens with zero attached hydrogens (tertiary/aromatic N) is 4. The fourth-order valence-corrected chi connectivity index (χ4v) is 5.65. The van der Waals surface area contributed by atoms with Gasteiger partial charge in [0.15, 0.2) is 11.0 Å². The fourth-order valence-electron chi connectivity index (χ4n) is 4.58. The van der Waals surface area contributed by atoms with E-state index in [0.29, 0.717) is 11.2 Å². The molecule has 3 aromatic rings. The van der Waals surface area contributed by atoms with Crippen molar-refractivity contribution < 1.29 is 9.53 Å². The number of piperidine rings is 1. The molecular weight excluding hydrogens is 458 g/mol. The number of benzene rings is 2. The molecule has 1 aromatic heterocycles. The van der Waals surface area contributed by atoms with Gasteiger partial charge >= 0.3 is 0 Å². The van der Waals surface area contributed by atoms with Crippen LogP contribution in [0.25, 0.3) is 5.69 Å². The van der Waals surface area contributed by atoms with E-state index in [0.717, 1.165) is 48.8 Å². The summed E-state index contributed by atoms with van der Waals surface area (Å²) >= 11 is 1.46. The molecule has 5 rings (SSSR count). The van der Waals surface area contributed by atoms with Gasteiger partial charge in [-0.1, -0.05) is 48.5 Å². The third-order valence-corrected chi connectivity index (χ3v) is 7.99. The van der Waals surface area contributed by atoms with Gasteiger partial charge < -0.3 is 10.1 Å². The lowest BCUT2D eigenvalue weighted by atomic mass is 10.1. The summed E-state index contributed by atoms with van der Waals surface area (Å²) in [5.41, 5.74) is 1.93. The van der Waals surface area contributed by atoms with E-state index >= 15 is 0 Å². The number of hydrogen-bond donors (Lipinski definition) is 1. The van der Waals surface area contributed by atoms with Gasteiger partial charge in [-0.3, -0.25) is 14.3 Å². The number of carbonyl (C=O) groups is 1. The molecule has 2 fully saturated rings. The molecule has 0 radical (unpaired) electrons. The summed E-state index contributed by atoms with van der Waals surface area (Å²) in [6.07, 6.45) is 5.80. The van der Waals surface area contributed by atoms with Gasteiger partial charge in [-0.25, -0.2) is 0 Å². The number of likely N-dealkylation sites (tertiary alicyclic amines) is 1. The molecule has 1 saturated heterocycles. The maximum Gasteiger partial charge on any atom is 0.238 e. The number of amides is 1. The summed E-state index contributed by atoms with van der Waals surface area (Å²) in [5, 5.41) is 12.8. The number of ether oxygens (including phenoxy) is 1. The van der Waals surface area contributed by atoms with Crippen LogP contribution < -0.4 is 10.1 Å². The highest BCUT2D eigenvalue weighted by atomic mass is 32.2. The van der Waals surface area contributed by atoms with Gasteiger partial charge in [0.1, 0.15) is 11.0 Å². The Bertz CT molecular complexity index is 1120. The number of carbonyl (C=O) groups excluding carboxylic acids is 1. The Hall–Kier alpha value is -2.84. The Morgan fingerprint density at radius 3 is 2.40 bits per heavy atom. The van der Waals surface area contributed by atoms with Crippen LogP contribution >= 0.6 is 11.8 Å². The highest BCUT2D eigenvalue weighted by Gasteiger charge is 2.32. The lowest BCUT2D eigenvalue weighted by molar-refractivity contribution is -0.120. The largest absolute Gasteiger partial charge is 0.497 e. The van der Waals surface area contributed by atoms with Gasteiger partial charge in [0.05, 0.1) is 13.2 Å². The first-order valence-corrected chi connectivity index (χ1v) is 13.4. The standard InChI is InChI=1S/C27H33N5O2S/c1-19(31-17-7-4-8-18-31)25-29-30-27(32(25)22-13-15-23(34-2)16-14-22)35-24(20-9-5-3-6-10-20)26(33)28-21-11-12-21/h3,5-6,9-10,13-16,19,21,24H,4,7-8,11-12,17-18H2,1-2H3,(H,28,33)/t19-,24-/m0/s1. The van der Waals surface area contributed by atoms with E-state index in [1.807, 2.05) is 54.6 Å². The molecule has 1 N–H and O–H groups in total. The molecule has 2 heterocycles. The van der Waals surface area contributed by atoms with Crippen LogP contribution in [0.2, 0.25) is 0 Å². The predicted molar refractivity (Wildman–Crippen MR) is 138 cm³/mol. The van der Waals surface area contributed by atoms with Gasteiger partial charge in [0.25, 0.3) is 0 Å². The van der Waals surface area contributed by atoms with Gasteiger partial charge in [-0.15, -0.1) is 10.2 Å². The van der Waals surface area contributed by atoms with E-state index in [1.165, 1.54) is 31.0 Å². The second-order valence-electron chi connectivity index (χ2n) is 9.34. The molecule has 0 bridgehead atoms. The summed E-state index contributed by atoms with van der Waals surface area (Å²) in [6.45, 7) is 4.34. The first-order valence-electron chi connectivity index (χ1n) is 12.5. The van der Waals surface area contributed by atoms with Gasteiger partial charge in [0, 0.05) is 11.7 Å². The van der Waals surface area contributed by atoms with Gasteiger partial charge in [-0.2, -0.15) is 0 Å². The molecule has 35 heavy (non-hydrogen) atoms. The normalized spacial score (nSPS) is 18.1. The van der Waals surface area contributed by atoms with Crippen molar-refractivity contribution in [2.75, 3.05) is 20.2 Å². The maximum atomic E-state index is 13.3. The van der Waals surface area contributed by atoms with Crippen molar-refractivity contribution in [2.45, 2.75) is 61.5 Å². The average Bonchev–Trinajstić information content (AvgIpc) is 3.63. The average molecular weight is 492 g/mol. The maximum absolute atomic E-state index is 13.3. The van der Waals surface area contributed by atoms with Crippen molar-refractivity contribution >= 4 is 17.7 Å². The van der Waals surface area contributed by atoms with Crippen molar-refractivity contribution in [3.8, 4) is 11.4 Å². The molecule has 8 heteroatoms. The Labute approximate surface area is 211 Å². The zero-order valence-electron chi connectivity index (χ0n) is 20.4. The lowest BCUT2D eigenvalue weighted by Gasteiger charge is -2.32. The molecule has 2 aliphatic rings. The zero-order chi connectivity index (χ0) is 24.2. The molecule has 0 unspecified atom stereocenters. The Balaban J connectivity index is 1.52. The quantitative estimate of drug-likeness (QED) is 0.428. The number of thioether (sulfide) groups is 1. The van der Waals surface area contributed by atoms with E-state index in [-0.39, 0.29) is 11.9 Å². The van der Waals surface area contributed by atoms with Crippen molar-refractivity contribution in [1.82, 2.24) is 25.0 Å². The van der Waals surface area contributed by atoms with E-state index < -0.39 is 5.25 Å². The molecule has 1 aliphatic heterocycles. The molecule has 7 nitrogen and oxygen atoms in total. The second-order valence-corrected chi connectivity index (χ2v) is 10.4. The third-order valence-electron chi connectivity index (χ3n) is 6.79. The van der Waals surface area contributed by atoms with Gasteiger partial charge in [0.2, 0.25) is 5.91 Å². The first-order chi connectivity index (χ1) is 17.1. The molecule has 0 spiro atoms. The van der Waals surface area contributed by atoms with Crippen LogP contribution in [-0.4, -0.2) is 51.8 Å². The van der Waals surface area contributed by atoms with E-state index in [2.05, 4.69) is 31.9 Å². The SMILES string of the molecule is COc1ccc(-n2c(S[C@H](C(=O)NC3CC3)c3ccccc3)nnc2[C@H](C)N2CCCCC2)cc1. The fraction of sp³-hybridized carbons (Fsp3) is 0.444. The third kappa shape index (κ3) is 5.54. The van der Waals surface area contributed by atoms with Crippen molar-refractivity contribution in [1.29, 1.82) is 0 Å². The first kappa shape index (κ1) is 23.9. The second kappa shape index (κ2) is 10.8. The van der Waals surface area contributed by atoms with Crippen LogP contribution in [0.5, 0.6) is 5.75 Å². The van der Waals surface area contributed by atoms with E-state index in [9.17, 15) is 4.79 Å². The Kier molecular flexibility index (Phi) is 7.39. The summed E-state index contributed by atoms with van der Waals surface area (Å²) < 4.78 is 7.49. The van der Waals surface area contributed by atoms with Crippen LogP contribution in [0, 0.1) is 0 Å². The summed E-state index contributed by atoms with van der Waals surface area (Å²) in [6, 6.07) is 18.3. The number of nitrogens with one attached hydrogen (secondary N) is 1. The number of rotatable bonds is 9. The summed E-state index contributed by atoms with van der Waals surface area (Å²) in [5.74, 6) is 1.72. The Morgan fingerprint density at radius 2 is 1.74 bits per heavy atom. The zero-order valence-corrected chi connectivity index (χ0v) is 21.2. The van der Waals surface area contributed by atoms with Crippen LogP contribution in [0.3, 0.4) is 0 Å². The molecule has 2 aromatic carbocycles. The van der Waals surface area contributed by atoms with Crippen molar-refractivity contribution in [3.63, 3.8) is 0 Å². The minimum Gasteiger partial charge on any atom is -0.497 e. The molecule has 1 aliphatic carbocycles. The molecule has 2 atom stereocenters. The van der Waals surface area contributed by atoms with Crippen molar-refractivity contribution in [3.05, 3.63) is 66.0 Å². The van der Waals surface area contributed by atoms with E-state index in [4.69, 9.17) is 4.74 Å². The van der Waals surface area contributed by atoms with Crippen LogP contribution in [0.15, 0.2) is 59.8 Å². The number of hydrogen-bond acceptors (Lipinski definition) is 6. The highest BCUT2D eigenvalue weighted by molar-refractivity contribution is 8.00. The number of methoxy groups -OCH3 is 1. The monoisotopic (exact) mass is 491 g/mol. The van der Waals surface area contributed by atoms with Gasteiger partial charge in [-0.05, 0) is 75.5 Å². The molecule has 1 amide bonds. The smallest absolute Gasteiger partial charge is 0.238 e. The topological polar surface area (TPSA) is 72.3 Å².